The predicted molar refractivity (Wildman–Crippen MR) is 64.6 cm³/mol. The first-order chi connectivity index (χ1) is 8.29. The zero-order chi connectivity index (χ0) is 13.9. The van der Waals surface area contributed by atoms with Gasteiger partial charge in [0.15, 0.2) is 9.84 Å². The van der Waals surface area contributed by atoms with Gasteiger partial charge in [-0.05, 0) is 18.2 Å². The first-order valence-corrected chi connectivity index (χ1v) is 6.82. The van der Waals surface area contributed by atoms with Crippen LogP contribution in [0.15, 0.2) is 23.1 Å². The molecule has 7 heteroatoms. The summed E-state index contributed by atoms with van der Waals surface area (Å²) in [6.45, 7) is 0.745. The summed E-state index contributed by atoms with van der Waals surface area (Å²) in [5, 5.41) is 8.62. The molecule has 0 aliphatic carbocycles. The van der Waals surface area contributed by atoms with E-state index in [4.69, 9.17) is 5.11 Å². The molecule has 0 aromatic heterocycles. The number of hydrogen-bond donors (Lipinski definition) is 1. The minimum absolute atomic E-state index is 0.00504. The number of benzene rings is 1. The summed E-state index contributed by atoms with van der Waals surface area (Å²) in [6, 6.07) is 3.28. The Kier molecular flexibility index (Phi) is 4.42. The van der Waals surface area contributed by atoms with Gasteiger partial charge in [-0.2, -0.15) is 0 Å². The number of halogens is 1. The van der Waals surface area contributed by atoms with Gasteiger partial charge in [-0.15, -0.1) is 0 Å². The maximum atomic E-state index is 13.7. The second-order valence-electron chi connectivity index (χ2n) is 3.73. The maximum Gasteiger partial charge on any atom is 0.223 e. The molecule has 0 unspecified atom stereocenters. The highest BCUT2D eigenvalue weighted by molar-refractivity contribution is 7.91. The lowest BCUT2D eigenvalue weighted by Crippen LogP contribution is -2.24. The number of hydrogen-bond acceptors (Lipinski definition) is 4. The molecule has 100 valence electrons. The van der Waals surface area contributed by atoms with E-state index in [9.17, 15) is 17.6 Å². The summed E-state index contributed by atoms with van der Waals surface area (Å²) < 4.78 is 36.9. The van der Waals surface area contributed by atoms with E-state index < -0.39 is 28.0 Å². The molecule has 1 aromatic rings. The second kappa shape index (κ2) is 5.45. The molecule has 0 saturated carbocycles. The standard InChI is InChI=1S/C11H14FNO4S/c1-8(15)13(2)11-4-3-9(7-10(11)12)18(16,17)6-5-14/h3-4,7,14H,5-6H2,1-2H3. The minimum atomic E-state index is -3.69. The van der Waals surface area contributed by atoms with Gasteiger partial charge in [0.25, 0.3) is 0 Å². The van der Waals surface area contributed by atoms with Crippen molar-refractivity contribution in [1.29, 1.82) is 0 Å². The lowest BCUT2D eigenvalue weighted by Gasteiger charge is -2.16. The van der Waals surface area contributed by atoms with Crippen molar-refractivity contribution in [1.82, 2.24) is 0 Å². The maximum absolute atomic E-state index is 13.7. The van der Waals surface area contributed by atoms with Crippen LogP contribution in [-0.4, -0.2) is 38.8 Å². The molecule has 0 heterocycles. The number of amides is 1. The van der Waals surface area contributed by atoms with Gasteiger partial charge < -0.3 is 10.0 Å². The Balaban J connectivity index is 3.18. The Bertz CT molecular complexity index is 556. The minimum Gasteiger partial charge on any atom is -0.395 e. The van der Waals surface area contributed by atoms with Gasteiger partial charge >= 0.3 is 0 Å². The highest BCUT2D eigenvalue weighted by Gasteiger charge is 2.18. The fourth-order valence-electron chi connectivity index (χ4n) is 1.36. The van der Waals surface area contributed by atoms with Crippen molar-refractivity contribution >= 4 is 21.4 Å². The molecule has 0 radical (unpaired) electrons. The van der Waals surface area contributed by atoms with Crippen molar-refractivity contribution in [2.45, 2.75) is 11.8 Å². The summed E-state index contributed by atoms with van der Waals surface area (Å²) in [7, 11) is -2.30. The molecule has 0 spiro atoms. The molecule has 1 rings (SSSR count). The predicted octanol–water partition coefficient (Wildman–Crippen LogP) is 0.574. The lowest BCUT2D eigenvalue weighted by atomic mass is 10.3. The second-order valence-corrected chi connectivity index (χ2v) is 5.84. The zero-order valence-electron chi connectivity index (χ0n) is 10.1. The van der Waals surface area contributed by atoms with E-state index in [1.54, 1.807) is 0 Å². The molecule has 1 amide bonds. The first kappa shape index (κ1) is 14.6. The van der Waals surface area contributed by atoms with Gasteiger partial charge in [-0.25, -0.2) is 12.8 Å². The van der Waals surface area contributed by atoms with E-state index in [0.717, 1.165) is 11.0 Å². The Morgan fingerprint density at radius 1 is 1.44 bits per heavy atom. The van der Waals surface area contributed by atoms with Crippen LogP contribution in [0.25, 0.3) is 0 Å². The van der Waals surface area contributed by atoms with Crippen LogP contribution in [0.3, 0.4) is 0 Å². The average molecular weight is 275 g/mol. The van der Waals surface area contributed by atoms with E-state index in [1.807, 2.05) is 0 Å². The molecular formula is C11H14FNO4S. The third-order valence-corrected chi connectivity index (χ3v) is 4.16. The summed E-state index contributed by atoms with van der Waals surface area (Å²) in [4.78, 5) is 12.0. The van der Waals surface area contributed by atoms with Gasteiger partial charge in [0, 0.05) is 14.0 Å². The van der Waals surface area contributed by atoms with Crippen molar-refractivity contribution in [3.8, 4) is 0 Å². The highest BCUT2D eigenvalue weighted by Crippen LogP contribution is 2.22. The summed E-state index contributed by atoms with van der Waals surface area (Å²) in [5.41, 5.74) is 0.00504. The van der Waals surface area contributed by atoms with Crippen LogP contribution in [0.2, 0.25) is 0 Å². The van der Waals surface area contributed by atoms with Crippen LogP contribution in [0, 0.1) is 5.82 Å². The SMILES string of the molecule is CC(=O)N(C)c1ccc(S(=O)(=O)CCO)cc1F. The van der Waals surface area contributed by atoms with Crippen LogP contribution in [0.4, 0.5) is 10.1 Å². The summed E-state index contributed by atoms with van der Waals surface area (Å²) in [5.74, 6) is -1.62. The number of sulfone groups is 1. The van der Waals surface area contributed by atoms with E-state index in [1.165, 1.54) is 26.1 Å². The number of aliphatic hydroxyl groups excluding tert-OH is 1. The Morgan fingerprint density at radius 3 is 2.50 bits per heavy atom. The van der Waals surface area contributed by atoms with Crippen LogP contribution in [-0.2, 0) is 14.6 Å². The molecule has 0 aliphatic heterocycles. The normalized spacial score (nSPS) is 11.3. The van der Waals surface area contributed by atoms with Crippen LogP contribution in [0.5, 0.6) is 0 Å². The Morgan fingerprint density at radius 2 is 2.06 bits per heavy atom. The van der Waals surface area contributed by atoms with Crippen molar-refractivity contribution < 1.29 is 22.7 Å². The van der Waals surface area contributed by atoms with E-state index in [0.29, 0.717) is 0 Å². The fourth-order valence-corrected chi connectivity index (χ4v) is 2.40. The van der Waals surface area contributed by atoms with Crippen LogP contribution < -0.4 is 4.90 Å². The number of nitrogens with zero attached hydrogens (tertiary/aromatic N) is 1. The van der Waals surface area contributed by atoms with Gasteiger partial charge in [0.05, 0.1) is 22.9 Å². The molecule has 0 fully saturated rings. The number of rotatable bonds is 4. The molecule has 0 saturated heterocycles. The lowest BCUT2D eigenvalue weighted by molar-refractivity contribution is -0.116. The van der Waals surface area contributed by atoms with E-state index in [-0.39, 0.29) is 16.5 Å². The molecule has 18 heavy (non-hydrogen) atoms. The quantitative estimate of drug-likeness (QED) is 0.872. The molecule has 1 N–H and O–H groups in total. The third-order valence-electron chi connectivity index (χ3n) is 2.47. The number of carbonyl (C=O) groups is 1. The van der Waals surface area contributed by atoms with Gasteiger partial charge in [-0.3, -0.25) is 4.79 Å². The topological polar surface area (TPSA) is 74.7 Å². The molecular weight excluding hydrogens is 261 g/mol. The number of aliphatic hydroxyl groups is 1. The summed E-state index contributed by atoms with van der Waals surface area (Å²) in [6.07, 6.45) is 0. The molecule has 1 aromatic carbocycles. The van der Waals surface area contributed by atoms with Crippen molar-refractivity contribution in [2.24, 2.45) is 0 Å². The zero-order valence-corrected chi connectivity index (χ0v) is 10.9. The number of anilines is 1. The molecule has 0 atom stereocenters. The number of carbonyl (C=O) groups excluding carboxylic acids is 1. The molecule has 5 nitrogen and oxygen atoms in total. The van der Waals surface area contributed by atoms with Crippen molar-refractivity contribution in [3.05, 3.63) is 24.0 Å². The monoisotopic (exact) mass is 275 g/mol. The first-order valence-electron chi connectivity index (χ1n) is 5.17. The molecule has 0 bridgehead atoms. The molecule has 0 aliphatic rings. The van der Waals surface area contributed by atoms with Gasteiger partial charge in [-0.1, -0.05) is 0 Å². The van der Waals surface area contributed by atoms with Crippen LogP contribution in [0.1, 0.15) is 6.92 Å². The summed E-state index contributed by atoms with van der Waals surface area (Å²) >= 11 is 0. The van der Waals surface area contributed by atoms with E-state index in [2.05, 4.69) is 0 Å². The van der Waals surface area contributed by atoms with Crippen molar-refractivity contribution in [3.63, 3.8) is 0 Å². The Hall–Kier alpha value is -1.47. The van der Waals surface area contributed by atoms with Gasteiger partial charge in [0.1, 0.15) is 5.82 Å². The van der Waals surface area contributed by atoms with Crippen molar-refractivity contribution in [2.75, 3.05) is 24.3 Å². The third kappa shape index (κ3) is 3.05. The smallest absolute Gasteiger partial charge is 0.223 e. The Labute approximate surface area is 105 Å². The highest BCUT2D eigenvalue weighted by atomic mass is 32.2. The van der Waals surface area contributed by atoms with Gasteiger partial charge in [0.2, 0.25) is 5.91 Å². The largest absolute Gasteiger partial charge is 0.395 e. The van der Waals surface area contributed by atoms with E-state index >= 15 is 0 Å². The van der Waals surface area contributed by atoms with Crippen LogP contribution >= 0.6 is 0 Å². The fraction of sp³-hybridized carbons (Fsp3) is 0.364. The average Bonchev–Trinajstić information content (AvgIpc) is 2.27.